The summed E-state index contributed by atoms with van der Waals surface area (Å²) in [4.78, 5) is 4.12. The Hall–Kier alpha value is -1.94. The fraction of sp³-hybridized carbons (Fsp3) is 0.353. The summed E-state index contributed by atoms with van der Waals surface area (Å²) in [6.07, 6.45) is 1.68. The molecule has 0 saturated carbocycles. The molecule has 0 aliphatic rings. The topological polar surface area (TPSA) is 34.1 Å². The Kier molecular flexibility index (Phi) is 4.58. The maximum absolute atomic E-state index is 14.1. The molecule has 0 aliphatic heterocycles. The van der Waals surface area contributed by atoms with Crippen molar-refractivity contribution in [3.63, 3.8) is 0 Å². The largest absolute Gasteiger partial charge is 0.452 e. The van der Waals surface area contributed by atoms with E-state index < -0.39 is 0 Å². The van der Waals surface area contributed by atoms with Crippen molar-refractivity contribution in [1.29, 1.82) is 0 Å². The average molecular weight is 288 g/mol. The number of benzene rings is 1. The van der Waals surface area contributed by atoms with E-state index in [2.05, 4.69) is 31.1 Å². The number of ether oxygens (including phenoxy) is 1. The van der Waals surface area contributed by atoms with E-state index in [1.54, 1.807) is 24.4 Å². The Morgan fingerprint density at radius 3 is 2.57 bits per heavy atom. The van der Waals surface area contributed by atoms with Crippen LogP contribution < -0.4 is 10.1 Å². The van der Waals surface area contributed by atoms with Crippen molar-refractivity contribution in [2.75, 3.05) is 0 Å². The highest BCUT2D eigenvalue weighted by Crippen LogP contribution is 2.26. The molecule has 1 aromatic carbocycles. The Balaban J connectivity index is 2.11. The van der Waals surface area contributed by atoms with Crippen molar-refractivity contribution in [2.45, 2.75) is 39.8 Å². The predicted molar refractivity (Wildman–Crippen MR) is 82.0 cm³/mol. The molecule has 3 nitrogen and oxygen atoms in total. The van der Waals surface area contributed by atoms with Crippen molar-refractivity contribution in [2.24, 2.45) is 0 Å². The van der Waals surface area contributed by atoms with E-state index in [0.29, 0.717) is 12.3 Å². The third-order valence-corrected chi connectivity index (χ3v) is 3.00. The van der Waals surface area contributed by atoms with Gasteiger partial charge in [-0.25, -0.2) is 4.39 Å². The van der Waals surface area contributed by atoms with Gasteiger partial charge in [-0.2, -0.15) is 0 Å². The lowest BCUT2D eigenvalue weighted by Crippen LogP contribution is -2.35. The third kappa shape index (κ3) is 4.53. The number of halogens is 1. The van der Waals surface area contributed by atoms with Gasteiger partial charge in [0.15, 0.2) is 11.6 Å². The molecule has 0 radical (unpaired) electrons. The van der Waals surface area contributed by atoms with Gasteiger partial charge in [0.2, 0.25) is 0 Å². The number of rotatable bonds is 4. The molecule has 1 aromatic heterocycles. The van der Waals surface area contributed by atoms with Crippen molar-refractivity contribution < 1.29 is 9.13 Å². The molecule has 112 valence electrons. The smallest absolute Gasteiger partial charge is 0.166 e. The van der Waals surface area contributed by atoms with Crippen LogP contribution in [-0.2, 0) is 6.54 Å². The van der Waals surface area contributed by atoms with Crippen molar-refractivity contribution in [3.8, 4) is 11.5 Å². The standard InChI is InChI=1S/C17H21FN2O/c1-12-15(6-5-9-19-12)21-16-8-7-13(10-14(16)18)11-20-17(2,3)4/h5-10,20H,11H2,1-4H3. The first kappa shape index (κ1) is 15.4. The monoisotopic (exact) mass is 288 g/mol. The number of hydrogen-bond donors (Lipinski definition) is 1. The van der Waals surface area contributed by atoms with Gasteiger partial charge in [-0.3, -0.25) is 4.98 Å². The molecule has 0 fully saturated rings. The molecule has 0 amide bonds. The summed E-state index contributed by atoms with van der Waals surface area (Å²) in [5, 5.41) is 3.33. The summed E-state index contributed by atoms with van der Waals surface area (Å²) in [5.74, 6) is 0.411. The lowest BCUT2D eigenvalue weighted by molar-refractivity contribution is 0.420. The Morgan fingerprint density at radius 1 is 1.19 bits per heavy atom. The Bertz CT molecular complexity index is 620. The van der Waals surface area contributed by atoms with Crippen LogP contribution in [0.1, 0.15) is 32.0 Å². The van der Waals surface area contributed by atoms with Crippen LogP contribution in [0, 0.1) is 12.7 Å². The first-order chi connectivity index (χ1) is 9.85. The molecular weight excluding hydrogens is 267 g/mol. The second kappa shape index (κ2) is 6.22. The average Bonchev–Trinajstić information content (AvgIpc) is 2.41. The molecule has 1 heterocycles. The highest BCUT2D eigenvalue weighted by molar-refractivity contribution is 5.36. The third-order valence-electron chi connectivity index (χ3n) is 3.00. The van der Waals surface area contributed by atoms with Gasteiger partial charge in [-0.05, 0) is 57.5 Å². The van der Waals surface area contributed by atoms with E-state index >= 15 is 0 Å². The maximum atomic E-state index is 14.1. The van der Waals surface area contributed by atoms with Gasteiger partial charge in [0.05, 0.1) is 5.69 Å². The predicted octanol–water partition coefficient (Wildman–Crippen LogP) is 4.21. The van der Waals surface area contributed by atoms with Crippen LogP contribution in [-0.4, -0.2) is 10.5 Å². The molecule has 0 bridgehead atoms. The Morgan fingerprint density at radius 2 is 1.95 bits per heavy atom. The van der Waals surface area contributed by atoms with Crippen LogP contribution >= 0.6 is 0 Å². The van der Waals surface area contributed by atoms with Gasteiger partial charge in [0.25, 0.3) is 0 Å². The van der Waals surface area contributed by atoms with Gasteiger partial charge >= 0.3 is 0 Å². The first-order valence-corrected chi connectivity index (χ1v) is 6.98. The van der Waals surface area contributed by atoms with E-state index in [-0.39, 0.29) is 17.1 Å². The fourth-order valence-corrected chi connectivity index (χ4v) is 1.80. The van der Waals surface area contributed by atoms with E-state index in [4.69, 9.17) is 4.74 Å². The second-order valence-corrected chi connectivity index (χ2v) is 6.06. The van der Waals surface area contributed by atoms with Crippen molar-refractivity contribution in [3.05, 3.63) is 53.6 Å². The van der Waals surface area contributed by atoms with Crippen LogP contribution in [0.25, 0.3) is 0 Å². The molecule has 2 rings (SSSR count). The summed E-state index contributed by atoms with van der Waals surface area (Å²) >= 11 is 0. The van der Waals surface area contributed by atoms with E-state index in [1.807, 2.05) is 13.0 Å². The summed E-state index contributed by atoms with van der Waals surface area (Å²) < 4.78 is 19.7. The number of pyridine rings is 1. The molecule has 0 spiro atoms. The zero-order valence-corrected chi connectivity index (χ0v) is 12.9. The number of hydrogen-bond acceptors (Lipinski definition) is 3. The Labute approximate surface area is 125 Å². The van der Waals surface area contributed by atoms with E-state index in [1.165, 1.54) is 6.07 Å². The molecular formula is C17H21FN2O. The second-order valence-electron chi connectivity index (χ2n) is 6.06. The zero-order valence-electron chi connectivity index (χ0n) is 12.9. The SMILES string of the molecule is Cc1ncccc1Oc1ccc(CNC(C)(C)C)cc1F. The minimum absolute atomic E-state index is 0.00152. The van der Waals surface area contributed by atoms with Crippen LogP contribution in [0.3, 0.4) is 0 Å². The van der Waals surface area contributed by atoms with Crippen LogP contribution in [0.5, 0.6) is 11.5 Å². The molecule has 2 aromatic rings. The zero-order chi connectivity index (χ0) is 15.5. The molecule has 0 saturated heterocycles. The highest BCUT2D eigenvalue weighted by Gasteiger charge is 2.11. The maximum Gasteiger partial charge on any atom is 0.166 e. The number of aromatic nitrogens is 1. The highest BCUT2D eigenvalue weighted by atomic mass is 19.1. The van der Waals surface area contributed by atoms with Crippen LogP contribution in [0.15, 0.2) is 36.5 Å². The van der Waals surface area contributed by atoms with E-state index in [9.17, 15) is 4.39 Å². The van der Waals surface area contributed by atoms with Crippen LogP contribution in [0.4, 0.5) is 4.39 Å². The quantitative estimate of drug-likeness (QED) is 0.915. The summed E-state index contributed by atoms with van der Waals surface area (Å²) in [6.45, 7) is 8.67. The number of nitrogens with zero attached hydrogens (tertiary/aromatic N) is 1. The molecule has 21 heavy (non-hydrogen) atoms. The van der Waals surface area contributed by atoms with Gasteiger partial charge < -0.3 is 10.1 Å². The molecule has 4 heteroatoms. The van der Waals surface area contributed by atoms with Crippen LogP contribution in [0.2, 0.25) is 0 Å². The fourth-order valence-electron chi connectivity index (χ4n) is 1.80. The molecule has 0 unspecified atom stereocenters. The molecule has 1 N–H and O–H groups in total. The molecule has 0 aliphatic carbocycles. The minimum atomic E-state index is -0.369. The summed E-state index contributed by atoms with van der Waals surface area (Å²) in [6, 6.07) is 8.56. The van der Waals surface area contributed by atoms with Gasteiger partial charge in [0, 0.05) is 18.3 Å². The van der Waals surface area contributed by atoms with Gasteiger partial charge in [0.1, 0.15) is 5.75 Å². The van der Waals surface area contributed by atoms with E-state index in [0.717, 1.165) is 11.3 Å². The minimum Gasteiger partial charge on any atom is -0.452 e. The van der Waals surface area contributed by atoms with Crippen molar-refractivity contribution >= 4 is 0 Å². The van der Waals surface area contributed by atoms with Crippen molar-refractivity contribution in [1.82, 2.24) is 10.3 Å². The molecule has 0 atom stereocenters. The summed E-state index contributed by atoms with van der Waals surface area (Å²) in [5.41, 5.74) is 1.62. The summed E-state index contributed by atoms with van der Waals surface area (Å²) in [7, 11) is 0. The number of nitrogens with one attached hydrogen (secondary N) is 1. The first-order valence-electron chi connectivity index (χ1n) is 6.98. The van der Waals surface area contributed by atoms with Gasteiger partial charge in [-0.15, -0.1) is 0 Å². The lowest BCUT2D eigenvalue weighted by Gasteiger charge is -2.20. The van der Waals surface area contributed by atoms with Gasteiger partial charge in [-0.1, -0.05) is 6.07 Å². The normalized spacial score (nSPS) is 11.5. The lowest BCUT2D eigenvalue weighted by atomic mass is 10.1. The number of aryl methyl sites for hydroxylation is 1.